The summed E-state index contributed by atoms with van der Waals surface area (Å²) in [6.07, 6.45) is 1.77. The summed E-state index contributed by atoms with van der Waals surface area (Å²) in [6, 6.07) is 7.77. The van der Waals surface area contributed by atoms with Crippen LogP contribution >= 0.6 is 0 Å². The van der Waals surface area contributed by atoms with Gasteiger partial charge in [0, 0.05) is 17.8 Å². The van der Waals surface area contributed by atoms with Crippen LogP contribution in [0.1, 0.15) is 20.8 Å². The molecule has 2 heterocycles. The number of rotatable bonds is 2. The fourth-order valence-electron chi connectivity index (χ4n) is 1.42. The molecular weight excluding hydrogens is 200 g/mol. The molecule has 84 valence electrons. The maximum Gasteiger partial charge on any atom is 0.148 e. The zero-order valence-electron chi connectivity index (χ0n) is 9.78. The number of anilines is 1. The van der Waals surface area contributed by atoms with Gasteiger partial charge in [0.05, 0.1) is 11.4 Å². The van der Waals surface area contributed by atoms with Crippen molar-refractivity contribution in [1.82, 2.24) is 15.2 Å². The van der Waals surface area contributed by atoms with Gasteiger partial charge in [-0.3, -0.25) is 10.1 Å². The number of aromatic amines is 1. The third-order valence-corrected chi connectivity index (χ3v) is 2.02. The van der Waals surface area contributed by atoms with Crippen LogP contribution in [0.4, 0.5) is 5.82 Å². The number of hydrogen-bond acceptors (Lipinski definition) is 3. The van der Waals surface area contributed by atoms with Crippen LogP contribution in [0, 0.1) is 0 Å². The van der Waals surface area contributed by atoms with Gasteiger partial charge < -0.3 is 5.32 Å². The number of pyridine rings is 1. The second-order valence-corrected chi connectivity index (χ2v) is 4.76. The largest absolute Gasteiger partial charge is 0.364 e. The van der Waals surface area contributed by atoms with Gasteiger partial charge in [-0.15, -0.1) is 0 Å². The summed E-state index contributed by atoms with van der Waals surface area (Å²) in [4.78, 5) is 4.26. The maximum atomic E-state index is 4.26. The van der Waals surface area contributed by atoms with E-state index < -0.39 is 0 Å². The smallest absolute Gasteiger partial charge is 0.148 e. The standard InChI is InChI=1S/C12H16N4/c1-12(2,3)14-11-8-10(15-16-11)9-6-4-5-7-13-9/h4-8H,1-3H3,(H2,14,15,16). The highest BCUT2D eigenvalue weighted by Crippen LogP contribution is 2.19. The number of nitrogens with zero attached hydrogens (tertiary/aromatic N) is 2. The van der Waals surface area contributed by atoms with Crippen molar-refractivity contribution in [2.75, 3.05) is 5.32 Å². The van der Waals surface area contributed by atoms with Crippen LogP contribution in [0.25, 0.3) is 11.4 Å². The topological polar surface area (TPSA) is 53.6 Å². The van der Waals surface area contributed by atoms with Crippen molar-refractivity contribution in [1.29, 1.82) is 0 Å². The summed E-state index contributed by atoms with van der Waals surface area (Å²) in [5.74, 6) is 0.841. The highest BCUT2D eigenvalue weighted by molar-refractivity contribution is 5.58. The van der Waals surface area contributed by atoms with Gasteiger partial charge in [-0.1, -0.05) is 6.07 Å². The van der Waals surface area contributed by atoms with E-state index in [0.29, 0.717) is 0 Å². The van der Waals surface area contributed by atoms with Gasteiger partial charge in [0.2, 0.25) is 0 Å². The molecule has 0 spiro atoms. The van der Waals surface area contributed by atoms with Gasteiger partial charge in [-0.25, -0.2) is 0 Å². The Kier molecular flexibility index (Phi) is 2.64. The van der Waals surface area contributed by atoms with Gasteiger partial charge in [-0.05, 0) is 32.9 Å². The Morgan fingerprint density at radius 1 is 1.25 bits per heavy atom. The van der Waals surface area contributed by atoms with Crippen molar-refractivity contribution in [3.05, 3.63) is 30.5 Å². The van der Waals surface area contributed by atoms with Crippen LogP contribution < -0.4 is 5.32 Å². The molecule has 0 saturated heterocycles. The minimum atomic E-state index is 0.0105. The summed E-state index contributed by atoms with van der Waals surface area (Å²) in [6.45, 7) is 6.30. The lowest BCUT2D eigenvalue weighted by Gasteiger charge is -2.19. The molecule has 0 atom stereocenters. The van der Waals surface area contributed by atoms with Gasteiger partial charge in [0.15, 0.2) is 0 Å². The molecular formula is C12H16N4. The quantitative estimate of drug-likeness (QED) is 0.811. The molecule has 0 fully saturated rings. The van der Waals surface area contributed by atoms with E-state index in [1.54, 1.807) is 6.20 Å². The van der Waals surface area contributed by atoms with Crippen molar-refractivity contribution in [2.24, 2.45) is 0 Å². The van der Waals surface area contributed by atoms with Crippen molar-refractivity contribution in [3.63, 3.8) is 0 Å². The van der Waals surface area contributed by atoms with E-state index in [1.807, 2.05) is 24.3 Å². The van der Waals surface area contributed by atoms with Crippen molar-refractivity contribution in [3.8, 4) is 11.4 Å². The summed E-state index contributed by atoms with van der Waals surface area (Å²) < 4.78 is 0. The van der Waals surface area contributed by atoms with Crippen LogP contribution in [-0.2, 0) is 0 Å². The van der Waals surface area contributed by atoms with E-state index in [4.69, 9.17) is 0 Å². The van der Waals surface area contributed by atoms with E-state index in [0.717, 1.165) is 17.2 Å². The minimum absolute atomic E-state index is 0.0105. The molecule has 2 aromatic heterocycles. The Morgan fingerprint density at radius 2 is 2.06 bits per heavy atom. The Bertz CT molecular complexity index is 453. The molecule has 2 aromatic rings. The number of H-pyrrole nitrogens is 1. The Labute approximate surface area is 95.1 Å². The van der Waals surface area contributed by atoms with Crippen LogP contribution in [0.2, 0.25) is 0 Å². The zero-order valence-corrected chi connectivity index (χ0v) is 9.78. The van der Waals surface area contributed by atoms with Gasteiger partial charge >= 0.3 is 0 Å². The van der Waals surface area contributed by atoms with Crippen LogP contribution in [0.5, 0.6) is 0 Å². The summed E-state index contributed by atoms with van der Waals surface area (Å²) in [5.41, 5.74) is 1.83. The lowest BCUT2D eigenvalue weighted by molar-refractivity contribution is 0.630. The van der Waals surface area contributed by atoms with Gasteiger partial charge in [-0.2, -0.15) is 5.10 Å². The predicted octanol–water partition coefficient (Wildman–Crippen LogP) is 2.68. The first-order chi connectivity index (χ1) is 7.54. The van der Waals surface area contributed by atoms with Crippen molar-refractivity contribution in [2.45, 2.75) is 26.3 Å². The number of hydrogen-bond donors (Lipinski definition) is 2. The summed E-state index contributed by atoms with van der Waals surface area (Å²) >= 11 is 0. The molecule has 4 nitrogen and oxygen atoms in total. The van der Waals surface area contributed by atoms with Crippen molar-refractivity contribution < 1.29 is 0 Å². The second kappa shape index (κ2) is 3.96. The number of nitrogens with one attached hydrogen (secondary N) is 2. The molecule has 0 radical (unpaired) electrons. The van der Waals surface area contributed by atoms with E-state index in [1.165, 1.54) is 0 Å². The molecule has 0 aliphatic heterocycles. The minimum Gasteiger partial charge on any atom is -0.364 e. The fourth-order valence-corrected chi connectivity index (χ4v) is 1.42. The molecule has 0 aliphatic carbocycles. The lowest BCUT2D eigenvalue weighted by atomic mass is 10.1. The van der Waals surface area contributed by atoms with Gasteiger partial charge in [0.25, 0.3) is 0 Å². The van der Waals surface area contributed by atoms with Crippen LogP contribution in [0.15, 0.2) is 30.5 Å². The first kappa shape index (κ1) is 10.7. The summed E-state index contributed by atoms with van der Waals surface area (Å²) in [7, 11) is 0. The molecule has 16 heavy (non-hydrogen) atoms. The van der Waals surface area contributed by atoms with Gasteiger partial charge in [0.1, 0.15) is 5.82 Å². The van der Waals surface area contributed by atoms with E-state index in [2.05, 4.69) is 41.3 Å². The molecule has 0 amide bonds. The van der Waals surface area contributed by atoms with Crippen LogP contribution in [0.3, 0.4) is 0 Å². The first-order valence-electron chi connectivity index (χ1n) is 5.30. The summed E-state index contributed by atoms with van der Waals surface area (Å²) in [5, 5.41) is 10.5. The zero-order chi connectivity index (χ0) is 11.6. The maximum absolute atomic E-state index is 4.26. The Morgan fingerprint density at radius 3 is 2.69 bits per heavy atom. The highest BCUT2D eigenvalue weighted by Gasteiger charge is 2.12. The van der Waals surface area contributed by atoms with E-state index in [-0.39, 0.29) is 5.54 Å². The van der Waals surface area contributed by atoms with Crippen molar-refractivity contribution >= 4 is 5.82 Å². The molecule has 0 bridgehead atoms. The fraction of sp³-hybridized carbons (Fsp3) is 0.333. The highest BCUT2D eigenvalue weighted by atomic mass is 15.2. The average Bonchev–Trinajstić information content (AvgIpc) is 2.65. The molecule has 0 aliphatic rings. The number of aromatic nitrogens is 3. The normalized spacial score (nSPS) is 11.4. The Balaban J connectivity index is 2.21. The molecule has 0 unspecified atom stereocenters. The molecule has 0 aromatic carbocycles. The third-order valence-electron chi connectivity index (χ3n) is 2.02. The third kappa shape index (κ3) is 2.59. The van der Waals surface area contributed by atoms with E-state index >= 15 is 0 Å². The van der Waals surface area contributed by atoms with E-state index in [9.17, 15) is 0 Å². The monoisotopic (exact) mass is 216 g/mol. The SMILES string of the molecule is CC(C)(C)Nc1cc(-c2ccccn2)[nH]n1. The first-order valence-corrected chi connectivity index (χ1v) is 5.30. The average molecular weight is 216 g/mol. The molecule has 4 heteroatoms. The molecule has 0 saturated carbocycles. The molecule has 2 N–H and O–H groups in total. The lowest BCUT2D eigenvalue weighted by Crippen LogP contribution is -2.26. The molecule has 2 rings (SSSR count). The second-order valence-electron chi connectivity index (χ2n) is 4.76. The van der Waals surface area contributed by atoms with Crippen LogP contribution in [-0.4, -0.2) is 20.7 Å². The Hall–Kier alpha value is -1.84. The predicted molar refractivity (Wildman–Crippen MR) is 65.2 cm³/mol.